The topological polar surface area (TPSA) is 63.7 Å². The van der Waals surface area contributed by atoms with Gasteiger partial charge in [0.15, 0.2) is 9.84 Å². The van der Waals surface area contributed by atoms with Gasteiger partial charge in [-0.3, -0.25) is 4.79 Å². The predicted molar refractivity (Wildman–Crippen MR) is 112 cm³/mol. The smallest absolute Gasteiger partial charge is 0.227 e. The van der Waals surface area contributed by atoms with Gasteiger partial charge in [0.2, 0.25) is 5.91 Å². The third-order valence-electron chi connectivity index (χ3n) is 4.68. The number of amides is 1. The van der Waals surface area contributed by atoms with Gasteiger partial charge >= 0.3 is 0 Å². The first-order valence-electron chi connectivity index (χ1n) is 9.21. The molecule has 5 nitrogen and oxygen atoms in total. The van der Waals surface area contributed by atoms with E-state index < -0.39 is 15.1 Å². The number of ether oxygens (including phenoxy) is 1. The Morgan fingerprint density at radius 1 is 1.11 bits per heavy atom. The second-order valence-electron chi connectivity index (χ2n) is 7.13. The van der Waals surface area contributed by atoms with E-state index in [1.165, 1.54) is 12.0 Å². The lowest BCUT2D eigenvalue weighted by atomic mass is 10.1. The summed E-state index contributed by atoms with van der Waals surface area (Å²) in [5.41, 5.74) is 0.944. The normalized spacial score (nSPS) is 14.8. The van der Waals surface area contributed by atoms with Crippen LogP contribution in [-0.4, -0.2) is 49.9 Å². The Morgan fingerprint density at radius 2 is 1.71 bits per heavy atom. The van der Waals surface area contributed by atoms with E-state index >= 15 is 0 Å². The van der Waals surface area contributed by atoms with Crippen molar-refractivity contribution in [2.45, 2.75) is 40.6 Å². The fourth-order valence-electron chi connectivity index (χ4n) is 3.04. The van der Waals surface area contributed by atoms with Crippen LogP contribution in [0.1, 0.15) is 19.4 Å². The number of sulfone groups is 1. The van der Waals surface area contributed by atoms with Crippen molar-refractivity contribution in [3.8, 4) is 5.75 Å². The number of rotatable bonds is 7. The van der Waals surface area contributed by atoms with Crippen molar-refractivity contribution in [1.82, 2.24) is 4.90 Å². The molecule has 0 radical (unpaired) electrons. The lowest BCUT2D eigenvalue weighted by Gasteiger charge is -2.38. The highest BCUT2D eigenvalue weighted by molar-refractivity contribution is 7.99. The first kappa shape index (κ1) is 20.7. The average molecular weight is 420 g/mol. The van der Waals surface area contributed by atoms with Gasteiger partial charge in [-0.25, -0.2) is 8.42 Å². The maximum atomic E-state index is 12.7. The zero-order valence-electron chi connectivity index (χ0n) is 16.3. The number of hydrogen-bond acceptors (Lipinski definition) is 5. The summed E-state index contributed by atoms with van der Waals surface area (Å²) in [6, 6.07) is 14.4. The third kappa shape index (κ3) is 4.70. The van der Waals surface area contributed by atoms with Gasteiger partial charge in [0.05, 0.1) is 18.4 Å². The van der Waals surface area contributed by atoms with Crippen molar-refractivity contribution in [3.63, 3.8) is 0 Å². The van der Waals surface area contributed by atoms with Crippen molar-refractivity contribution in [2.75, 3.05) is 20.2 Å². The lowest BCUT2D eigenvalue weighted by Crippen LogP contribution is -2.57. The zero-order valence-corrected chi connectivity index (χ0v) is 17.9. The highest BCUT2D eigenvalue weighted by Gasteiger charge is 2.40. The Labute approximate surface area is 171 Å². The monoisotopic (exact) mass is 419 g/mol. The fraction of sp³-hybridized carbons (Fsp3) is 0.381. The number of nitrogens with zero attached hydrogens (tertiary/aromatic N) is 1. The lowest BCUT2D eigenvalue weighted by molar-refractivity contribution is -0.133. The highest BCUT2D eigenvalue weighted by Crippen LogP contribution is 2.26. The molecule has 1 saturated heterocycles. The van der Waals surface area contributed by atoms with E-state index in [0.717, 1.165) is 5.56 Å². The van der Waals surface area contributed by atoms with Gasteiger partial charge in [-0.05, 0) is 42.0 Å². The van der Waals surface area contributed by atoms with Crippen LogP contribution < -0.4 is 4.74 Å². The average Bonchev–Trinajstić information content (AvgIpc) is 2.61. The summed E-state index contributed by atoms with van der Waals surface area (Å²) in [6.07, 6.45) is 0.294. The molecule has 150 valence electrons. The van der Waals surface area contributed by atoms with Crippen molar-refractivity contribution in [2.24, 2.45) is 0 Å². The van der Waals surface area contributed by atoms with Crippen LogP contribution in [0, 0.1) is 0 Å². The Kier molecular flexibility index (Phi) is 6.35. The number of likely N-dealkylation sites (tertiary alicyclic amines) is 1. The second-order valence-corrected chi connectivity index (χ2v) is 11.0. The van der Waals surface area contributed by atoms with Gasteiger partial charge in [-0.1, -0.05) is 26.0 Å². The second kappa shape index (κ2) is 8.57. The van der Waals surface area contributed by atoms with Crippen LogP contribution >= 0.6 is 11.8 Å². The van der Waals surface area contributed by atoms with E-state index in [1.54, 1.807) is 40.9 Å². The minimum absolute atomic E-state index is 0.0366. The van der Waals surface area contributed by atoms with E-state index in [4.69, 9.17) is 4.74 Å². The fourth-order valence-corrected chi connectivity index (χ4v) is 5.53. The van der Waals surface area contributed by atoms with Crippen LogP contribution in [0.15, 0.2) is 58.3 Å². The van der Waals surface area contributed by atoms with E-state index in [2.05, 4.69) is 13.8 Å². The van der Waals surface area contributed by atoms with Crippen molar-refractivity contribution < 1.29 is 17.9 Å². The van der Waals surface area contributed by atoms with Crippen LogP contribution in [0.5, 0.6) is 5.75 Å². The molecule has 0 bridgehead atoms. The Bertz CT molecular complexity index is 916. The van der Waals surface area contributed by atoms with Gasteiger partial charge in [-0.2, -0.15) is 0 Å². The molecular formula is C21H25NO4S2. The third-order valence-corrected chi connectivity index (χ3v) is 7.80. The summed E-state index contributed by atoms with van der Waals surface area (Å²) >= 11 is 1.78. The number of hydrogen-bond donors (Lipinski definition) is 0. The molecule has 0 atom stereocenters. The van der Waals surface area contributed by atoms with Gasteiger partial charge in [0.25, 0.3) is 0 Å². The first-order valence-corrected chi connectivity index (χ1v) is 11.6. The SMILES string of the molecule is COc1ccc(S(=O)(=O)C2CN(C(=O)Cc3ccc(SC(C)C)cc3)C2)cc1. The molecule has 2 aromatic rings. The predicted octanol–water partition coefficient (Wildman–Crippen LogP) is 3.42. The molecule has 0 N–H and O–H groups in total. The molecule has 0 aliphatic carbocycles. The van der Waals surface area contributed by atoms with Gasteiger partial charge in [-0.15, -0.1) is 11.8 Å². The Morgan fingerprint density at radius 3 is 2.25 bits per heavy atom. The van der Waals surface area contributed by atoms with Gasteiger partial charge < -0.3 is 9.64 Å². The number of methoxy groups -OCH3 is 1. The molecule has 2 aromatic carbocycles. The summed E-state index contributed by atoms with van der Waals surface area (Å²) in [4.78, 5) is 15.5. The number of thioether (sulfide) groups is 1. The largest absolute Gasteiger partial charge is 0.497 e. The standard InChI is InChI=1S/C21H25NO4S2/c1-15(2)27-18-8-4-16(5-9-18)12-21(23)22-13-20(14-22)28(24,25)19-10-6-17(26-3)7-11-19/h4-11,15,20H,12-14H2,1-3H3. The van der Waals surface area contributed by atoms with E-state index in [-0.39, 0.29) is 23.9 Å². The minimum atomic E-state index is -3.44. The van der Waals surface area contributed by atoms with Crippen molar-refractivity contribution >= 4 is 27.5 Å². The molecule has 1 amide bonds. The quantitative estimate of drug-likeness (QED) is 0.644. The maximum absolute atomic E-state index is 12.7. The van der Waals surface area contributed by atoms with Gasteiger partial charge in [0.1, 0.15) is 11.0 Å². The molecule has 0 unspecified atom stereocenters. The van der Waals surface area contributed by atoms with Crippen molar-refractivity contribution in [3.05, 3.63) is 54.1 Å². The van der Waals surface area contributed by atoms with Gasteiger partial charge in [0, 0.05) is 23.2 Å². The molecule has 28 heavy (non-hydrogen) atoms. The van der Waals surface area contributed by atoms with Crippen molar-refractivity contribution in [1.29, 1.82) is 0 Å². The summed E-state index contributed by atoms with van der Waals surface area (Å²) in [7, 11) is -1.90. The molecule has 3 rings (SSSR count). The van der Waals surface area contributed by atoms with E-state index in [0.29, 0.717) is 17.4 Å². The summed E-state index contributed by atoms with van der Waals surface area (Å²) in [6.45, 7) is 4.77. The zero-order chi connectivity index (χ0) is 20.3. The molecule has 1 fully saturated rings. The molecule has 1 aliphatic rings. The van der Waals surface area contributed by atoms with Crippen LogP contribution in [-0.2, 0) is 21.1 Å². The minimum Gasteiger partial charge on any atom is -0.497 e. The molecule has 0 aromatic heterocycles. The summed E-state index contributed by atoms with van der Waals surface area (Å²) in [5.74, 6) is 0.577. The Balaban J connectivity index is 1.55. The molecule has 0 saturated carbocycles. The summed E-state index contributed by atoms with van der Waals surface area (Å²) in [5, 5.41) is -0.0344. The van der Waals surface area contributed by atoms with E-state index in [9.17, 15) is 13.2 Å². The highest BCUT2D eigenvalue weighted by atomic mass is 32.2. The molecule has 0 spiro atoms. The number of carbonyl (C=O) groups is 1. The van der Waals surface area contributed by atoms with Crippen LogP contribution in [0.4, 0.5) is 0 Å². The molecule has 1 heterocycles. The molecule has 7 heteroatoms. The van der Waals surface area contributed by atoms with Crippen LogP contribution in [0.2, 0.25) is 0 Å². The van der Waals surface area contributed by atoms with Crippen LogP contribution in [0.25, 0.3) is 0 Å². The van der Waals surface area contributed by atoms with E-state index in [1.807, 2.05) is 24.3 Å². The molecular weight excluding hydrogens is 394 g/mol. The Hall–Kier alpha value is -1.99. The maximum Gasteiger partial charge on any atom is 0.227 e. The summed E-state index contributed by atoms with van der Waals surface area (Å²) < 4.78 is 30.4. The van der Waals surface area contributed by atoms with Crippen LogP contribution in [0.3, 0.4) is 0 Å². The number of benzene rings is 2. The first-order chi connectivity index (χ1) is 13.3. The number of carbonyl (C=O) groups excluding carboxylic acids is 1. The molecule has 1 aliphatic heterocycles.